The second-order valence-corrected chi connectivity index (χ2v) is 5.68. The van der Waals surface area contributed by atoms with E-state index in [9.17, 15) is 0 Å². The predicted octanol–water partition coefficient (Wildman–Crippen LogP) is 2.97. The molecule has 0 aliphatic heterocycles. The molecule has 0 saturated heterocycles. The number of pyridine rings is 1. The zero-order valence-corrected chi connectivity index (χ0v) is 11.6. The molecule has 0 saturated carbocycles. The van der Waals surface area contributed by atoms with Crippen LogP contribution in [0.3, 0.4) is 0 Å². The fraction of sp³-hybridized carbons (Fsp3) is 0.400. The maximum absolute atomic E-state index is 5.89. The number of nitrogen functional groups attached to an aromatic ring is 1. The van der Waals surface area contributed by atoms with Gasteiger partial charge in [0.25, 0.3) is 0 Å². The number of anilines is 1. The van der Waals surface area contributed by atoms with E-state index in [1.807, 2.05) is 0 Å². The van der Waals surface area contributed by atoms with E-state index in [-0.39, 0.29) is 0 Å². The molecular formula is C15H16N4O. The molecule has 1 aliphatic rings. The number of aryl methyl sites for hydroxylation is 1. The van der Waals surface area contributed by atoms with Crippen molar-refractivity contribution in [3.63, 3.8) is 0 Å². The smallest absolute Gasteiger partial charge is 0.229 e. The largest absolute Gasteiger partial charge is 0.432 e. The number of furan rings is 1. The van der Waals surface area contributed by atoms with Crippen molar-refractivity contribution in [3.8, 4) is 0 Å². The molecule has 20 heavy (non-hydrogen) atoms. The van der Waals surface area contributed by atoms with Gasteiger partial charge in [-0.15, -0.1) is 0 Å². The highest BCUT2D eigenvalue weighted by Crippen LogP contribution is 2.38. The first-order valence-electron chi connectivity index (χ1n) is 7.01. The Morgan fingerprint density at radius 1 is 1.20 bits per heavy atom. The van der Waals surface area contributed by atoms with E-state index in [1.54, 1.807) is 0 Å². The van der Waals surface area contributed by atoms with Crippen molar-refractivity contribution in [3.05, 3.63) is 23.1 Å². The zero-order valence-electron chi connectivity index (χ0n) is 11.6. The van der Waals surface area contributed by atoms with Crippen LogP contribution in [0.1, 0.15) is 43.0 Å². The Bertz CT molecular complexity index is 835. The topological polar surface area (TPSA) is 77.8 Å². The molecule has 5 nitrogen and oxygen atoms in total. The summed E-state index contributed by atoms with van der Waals surface area (Å²) in [6.45, 7) is 4.34. The van der Waals surface area contributed by atoms with Crippen molar-refractivity contribution in [2.45, 2.75) is 39.0 Å². The Kier molecular flexibility index (Phi) is 2.28. The van der Waals surface area contributed by atoms with E-state index >= 15 is 0 Å². The van der Waals surface area contributed by atoms with Crippen LogP contribution in [0.25, 0.3) is 22.2 Å². The molecule has 0 spiro atoms. The lowest BCUT2D eigenvalue weighted by molar-refractivity contribution is 0.645. The van der Waals surface area contributed by atoms with Crippen LogP contribution in [0.15, 0.2) is 10.7 Å². The van der Waals surface area contributed by atoms with Gasteiger partial charge in [-0.05, 0) is 36.3 Å². The van der Waals surface area contributed by atoms with Crippen LogP contribution in [0.2, 0.25) is 0 Å². The highest BCUT2D eigenvalue weighted by atomic mass is 16.3. The monoisotopic (exact) mass is 268 g/mol. The summed E-state index contributed by atoms with van der Waals surface area (Å²) in [4.78, 5) is 13.1. The van der Waals surface area contributed by atoms with Crippen molar-refractivity contribution >= 4 is 28.0 Å². The van der Waals surface area contributed by atoms with Gasteiger partial charge >= 0.3 is 0 Å². The Labute approximate surface area is 116 Å². The van der Waals surface area contributed by atoms with E-state index in [0.717, 1.165) is 29.4 Å². The summed E-state index contributed by atoms with van der Waals surface area (Å²) < 4.78 is 5.84. The van der Waals surface area contributed by atoms with Crippen LogP contribution in [0.4, 0.5) is 5.82 Å². The fourth-order valence-electron chi connectivity index (χ4n) is 3.22. The third kappa shape index (κ3) is 1.40. The Balaban J connectivity index is 2.20. The van der Waals surface area contributed by atoms with Gasteiger partial charge in [0.1, 0.15) is 11.8 Å². The average molecular weight is 268 g/mol. The molecule has 4 rings (SSSR count). The van der Waals surface area contributed by atoms with E-state index in [4.69, 9.17) is 15.1 Å². The Morgan fingerprint density at radius 3 is 2.80 bits per heavy atom. The van der Waals surface area contributed by atoms with Crippen LogP contribution >= 0.6 is 0 Å². The lowest BCUT2D eigenvalue weighted by Crippen LogP contribution is -2.00. The van der Waals surface area contributed by atoms with Crippen molar-refractivity contribution < 1.29 is 4.42 Å². The van der Waals surface area contributed by atoms with Gasteiger partial charge in [0.05, 0.1) is 11.1 Å². The highest BCUT2D eigenvalue weighted by Gasteiger charge is 2.25. The molecule has 1 aliphatic carbocycles. The first-order valence-corrected chi connectivity index (χ1v) is 7.01. The van der Waals surface area contributed by atoms with Gasteiger partial charge in [0, 0.05) is 0 Å². The normalized spacial score (nSPS) is 14.6. The molecule has 0 radical (unpaired) electrons. The van der Waals surface area contributed by atoms with Crippen LogP contribution in [0.5, 0.6) is 0 Å². The molecule has 102 valence electrons. The van der Waals surface area contributed by atoms with Gasteiger partial charge < -0.3 is 10.2 Å². The number of aromatic nitrogens is 3. The van der Waals surface area contributed by atoms with Gasteiger partial charge in [-0.2, -0.15) is 0 Å². The number of nitrogens with zero attached hydrogens (tertiary/aromatic N) is 3. The number of fused-ring (bicyclic) bond motifs is 5. The van der Waals surface area contributed by atoms with Crippen molar-refractivity contribution in [1.29, 1.82) is 0 Å². The van der Waals surface area contributed by atoms with Gasteiger partial charge in [-0.3, -0.25) is 0 Å². The van der Waals surface area contributed by atoms with Crippen LogP contribution in [-0.2, 0) is 12.8 Å². The van der Waals surface area contributed by atoms with E-state index in [1.165, 1.54) is 23.9 Å². The number of rotatable bonds is 1. The fourth-order valence-corrected chi connectivity index (χ4v) is 3.22. The SMILES string of the molecule is CC(C)c1nc2oc3c(N)ncnc3c2c2c1CCC2. The van der Waals surface area contributed by atoms with Gasteiger partial charge in [0.15, 0.2) is 11.4 Å². The average Bonchev–Trinajstić information content (AvgIpc) is 3.00. The maximum Gasteiger partial charge on any atom is 0.229 e. The molecule has 3 heterocycles. The molecule has 0 unspecified atom stereocenters. The molecule has 2 N–H and O–H groups in total. The Morgan fingerprint density at radius 2 is 2.00 bits per heavy atom. The van der Waals surface area contributed by atoms with Crippen molar-refractivity contribution in [2.24, 2.45) is 0 Å². The zero-order chi connectivity index (χ0) is 13.9. The second-order valence-electron chi connectivity index (χ2n) is 5.68. The summed E-state index contributed by atoms with van der Waals surface area (Å²) in [6, 6.07) is 0. The number of nitrogens with two attached hydrogens (primary N) is 1. The van der Waals surface area contributed by atoms with Crippen molar-refractivity contribution in [2.75, 3.05) is 5.73 Å². The molecule has 0 aromatic carbocycles. The predicted molar refractivity (Wildman–Crippen MR) is 77.6 cm³/mol. The lowest BCUT2D eigenvalue weighted by Gasteiger charge is -2.10. The van der Waals surface area contributed by atoms with Gasteiger partial charge in [-0.1, -0.05) is 13.8 Å². The quantitative estimate of drug-likeness (QED) is 0.734. The summed E-state index contributed by atoms with van der Waals surface area (Å²) in [5.41, 5.74) is 11.8. The van der Waals surface area contributed by atoms with E-state index in [2.05, 4.69) is 23.8 Å². The van der Waals surface area contributed by atoms with Crippen molar-refractivity contribution in [1.82, 2.24) is 15.0 Å². The number of hydrogen-bond donors (Lipinski definition) is 1. The molecule has 5 heteroatoms. The standard InChI is InChI=1S/C15H16N4O/c1-7(2)11-9-5-3-4-8(9)10-12-13(20-15(10)19-11)14(16)18-6-17-12/h6-7H,3-5H2,1-2H3,(H2,16,17,18). The summed E-state index contributed by atoms with van der Waals surface area (Å²) in [6.07, 6.45) is 4.82. The lowest BCUT2D eigenvalue weighted by atomic mass is 9.99. The first kappa shape index (κ1) is 11.6. The summed E-state index contributed by atoms with van der Waals surface area (Å²) in [7, 11) is 0. The van der Waals surface area contributed by atoms with Crippen LogP contribution in [0, 0.1) is 0 Å². The number of hydrogen-bond acceptors (Lipinski definition) is 5. The third-order valence-electron chi connectivity index (χ3n) is 4.08. The van der Waals surface area contributed by atoms with E-state index < -0.39 is 0 Å². The third-order valence-corrected chi connectivity index (χ3v) is 4.08. The molecule has 0 amide bonds. The molecule has 0 atom stereocenters. The molecular weight excluding hydrogens is 252 g/mol. The van der Waals surface area contributed by atoms with E-state index in [0.29, 0.717) is 23.0 Å². The van der Waals surface area contributed by atoms with Gasteiger partial charge in [0.2, 0.25) is 5.71 Å². The summed E-state index contributed by atoms with van der Waals surface area (Å²) in [5, 5.41) is 1.03. The van der Waals surface area contributed by atoms with Crippen LogP contribution in [-0.4, -0.2) is 15.0 Å². The summed E-state index contributed by atoms with van der Waals surface area (Å²) in [5.74, 6) is 0.772. The highest BCUT2D eigenvalue weighted by molar-refractivity contribution is 6.06. The minimum atomic E-state index is 0.380. The van der Waals surface area contributed by atoms with Gasteiger partial charge in [-0.25, -0.2) is 15.0 Å². The minimum Gasteiger partial charge on any atom is -0.432 e. The second kappa shape index (κ2) is 3.91. The maximum atomic E-state index is 5.89. The molecule has 0 fully saturated rings. The molecule has 3 aromatic rings. The minimum absolute atomic E-state index is 0.380. The van der Waals surface area contributed by atoms with Crippen LogP contribution < -0.4 is 5.73 Å². The Hall–Kier alpha value is -2.17. The molecule has 0 bridgehead atoms. The first-order chi connectivity index (χ1) is 9.66. The molecule has 3 aromatic heterocycles. The summed E-state index contributed by atoms with van der Waals surface area (Å²) >= 11 is 0.